The highest BCUT2D eigenvalue weighted by molar-refractivity contribution is 8.14. The topological polar surface area (TPSA) is 303 Å². The number of hydrogen-bond acceptors (Lipinski definition) is 14. The molecule has 4 aromatic rings. The number of benzene rings is 1. The lowest BCUT2D eigenvalue weighted by atomic mass is 10.1. The minimum Gasteiger partial charge on any atom is -0.390 e. The van der Waals surface area contributed by atoms with Gasteiger partial charge >= 0.3 is 23.5 Å². The molecule has 1 fully saturated rings. The standard InChI is InChI=1S/C19H15F4N8O13P3S/c20-10-9(11(21)13(23)14(12(10)22)28-29-24)18(33)48-19-27-17-15(16-25-1-2-30(16)19)26-5-31(17)8-3-6(32)7(42-8)4-41-46(37,38)44-47(39,40)43-45(34,35)36/h1-2,5-8,32H,3-4H2,(H,37,38)(H,39,40)(H2,34,35,36)/t6-,7+,8+/m0/s1. The Kier molecular flexibility index (Phi) is 9.89. The van der Waals surface area contributed by atoms with Crippen LogP contribution in [-0.4, -0.2) is 72.5 Å². The van der Waals surface area contributed by atoms with E-state index in [-0.39, 0.29) is 40.2 Å². The molecule has 0 bridgehead atoms. The second-order valence-corrected chi connectivity index (χ2v) is 14.6. The van der Waals surface area contributed by atoms with Crippen LogP contribution in [0.2, 0.25) is 0 Å². The summed E-state index contributed by atoms with van der Waals surface area (Å²) in [5, 5.41) is 11.1. The van der Waals surface area contributed by atoms with Gasteiger partial charge in [-0.1, -0.05) is 5.11 Å². The maximum Gasteiger partial charge on any atom is 0.490 e. The molecule has 1 aliphatic rings. The minimum atomic E-state index is -5.81. The number of aromatic nitrogens is 5. The van der Waals surface area contributed by atoms with Crippen LogP contribution in [0.4, 0.5) is 23.2 Å². The number of aliphatic hydroxyl groups excluding tert-OH is 1. The maximum absolute atomic E-state index is 14.7. The van der Waals surface area contributed by atoms with Crippen LogP contribution in [0, 0.1) is 23.3 Å². The van der Waals surface area contributed by atoms with Gasteiger partial charge in [0.1, 0.15) is 23.6 Å². The Bertz CT molecular complexity index is 2130. The van der Waals surface area contributed by atoms with Crippen molar-refractivity contribution in [3.63, 3.8) is 0 Å². The third-order valence-electron chi connectivity index (χ3n) is 6.13. The van der Waals surface area contributed by atoms with E-state index in [2.05, 4.69) is 38.1 Å². The molecule has 258 valence electrons. The summed E-state index contributed by atoms with van der Waals surface area (Å²) in [6, 6.07) is 0. The van der Waals surface area contributed by atoms with E-state index < -0.39 is 88.1 Å². The smallest absolute Gasteiger partial charge is 0.390 e. The molecular weight excluding hydrogens is 749 g/mol. The van der Waals surface area contributed by atoms with Gasteiger partial charge in [0.05, 0.1) is 19.0 Å². The van der Waals surface area contributed by atoms with Crippen LogP contribution in [-0.2, 0) is 31.6 Å². The fourth-order valence-electron chi connectivity index (χ4n) is 4.26. The van der Waals surface area contributed by atoms with E-state index in [1.807, 2.05) is 0 Å². The molecule has 3 aromatic heterocycles. The predicted octanol–water partition coefficient (Wildman–Crippen LogP) is 3.50. The Morgan fingerprint density at radius 1 is 1.06 bits per heavy atom. The molecule has 0 spiro atoms. The number of fused-ring (bicyclic) bond motifs is 3. The SMILES string of the molecule is [N-]=[N+]=Nc1c(F)c(F)c(C(=O)Sc2nc3c(ncn3[C@H]3C[C@H](O)[C@@H](COP(=O)(O)OP(=O)(O)OP(=O)(O)O)O3)c3nccn23)c(F)c1F. The third kappa shape index (κ3) is 7.32. The first kappa shape index (κ1) is 36.0. The summed E-state index contributed by atoms with van der Waals surface area (Å²) in [5.74, 6) is -8.52. The van der Waals surface area contributed by atoms with Crippen LogP contribution in [0.1, 0.15) is 23.0 Å². The molecule has 4 heterocycles. The average Bonchev–Trinajstić information content (AvgIpc) is 3.69. The van der Waals surface area contributed by atoms with Gasteiger partial charge in [0.25, 0.3) is 0 Å². The Morgan fingerprint density at radius 2 is 1.73 bits per heavy atom. The molecule has 1 saturated heterocycles. The Morgan fingerprint density at radius 3 is 2.35 bits per heavy atom. The maximum atomic E-state index is 14.7. The second-order valence-electron chi connectivity index (χ2n) is 9.22. The van der Waals surface area contributed by atoms with E-state index >= 15 is 0 Å². The van der Waals surface area contributed by atoms with E-state index in [0.717, 1.165) is 10.7 Å². The van der Waals surface area contributed by atoms with Crippen molar-refractivity contribution in [3.8, 4) is 0 Å². The molecule has 0 amide bonds. The van der Waals surface area contributed by atoms with Crippen LogP contribution in [0.5, 0.6) is 0 Å². The van der Waals surface area contributed by atoms with E-state index in [1.54, 1.807) is 0 Å². The number of carbonyl (C=O) groups is 1. The summed E-state index contributed by atoms with van der Waals surface area (Å²) in [7, 11) is -17.0. The van der Waals surface area contributed by atoms with Gasteiger partial charge in [-0.2, -0.15) is 8.62 Å². The summed E-state index contributed by atoms with van der Waals surface area (Å²) < 4.78 is 112. The molecular formula is C19H15F4N8O13P3S. The van der Waals surface area contributed by atoms with Crippen molar-refractivity contribution in [2.45, 2.75) is 30.0 Å². The van der Waals surface area contributed by atoms with Gasteiger partial charge in [0.2, 0.25) is 5.12 Å². The number of phosphoric acid groups is 3. The van der Waals surface area contributed by atoms with Gasteiger partial charge in [0, 0.05) is 23.7 Å². The fraction of sp³-hybridized carbons (Fsp3) is 0.263. The summed E-state index contributed by atoms with van der Waals surface area (Å²) in [6.07, 6.45) is -0.753. The van der Waals surface area contributed by atoms with Crippen LogP contribution in [0.3, 0.4) is 0 Å². The number of thioether (sulfide) groups is 1. The number of imidazole rings is 2. The van der Waals surface area contributed by atoms with Crippen LogP contribution >= 0.6 is 35.2 Å². The molecule has 21 nitrogen and oxygen atoms in total. The highest BCUT2D eigenvalue weighted by Gasteiger charge is 2.43. The van der Waals surface area contributed by atoms with E-state index in [1.165, 1.54) is 17.0 Å². The number of rotatable bonds is 11. The lowest BCUT2D eigenvalue weighted by Gasteiger charge is -2.19. The van der Waals surface area contributed by atoms with E-state index in [0.29, 0.717) is 0 Å². The fourth-order valence-corrected chi connectivity index (χ4v) is 8.11. The zero-order valence-corrected chi connectivity index (χ0v) is 26.2. The first-order valence-electron chi connectivity index (χ1n) is 12.3. The predicted molar refractivity (Wildman–Crippen MR) is 146 cm³/mol. The molecule has 1 aromatic carbocycles. The minimum absolute atomic E-state index is 0.0146. The second kappa shape index (κ2) is 13.2. The number of ether oxygens (including phenoxy) is 1. The zero-order chi connectivity index (χ0) is 35.3. The number of azide groups is 1. The van der Waals surface area contributed by atoms with Crippen molar-refractivity contribution in [1.82, 2.24) is 23.9 Å². The molecule has 29 heteroatoms. The van der Waals surface area contributed by atoms with Crippen molar-refractivity contribution >= 4 is 62.8 Å². The van der Waals surface area contributed by atoms with Crippen LogP contribution in [0.25, 0.3) is 27.3 Å². The first-order valence-corrected chi connectivity index (χ1v) is 17.6. The van der Waals surface area contributed by atoms with Crippen LogP contribution in [0.15, 0.2) is 29.0 Å². The number of carbonyl (C=O) groups excluding carboxylic acids is 1. The number of phosphoric ester groups is 1. The summed E-state index contributed by atoms with van der Waals surface area (Å²) in [6.45, 7) is -0.996. The van der Waals surface area contributed by atoms with E-state index in [9.17, 15) is 50.9 Å². The zero-order valence-electron chi connectivity index (χ0n) is 22.7. The number of aliphatic hydroxyl groups is 1. The molecule has 0 aliphatic carbocycles. The number of halogens is 4. The van der Waals surface area contributed by atoms with Gasteiger partial charge in [-0.3, -0.25) is 18.3 Å². The molecule has 0 saturated carbocycles. The average molecular weight is 764 g/mol. The molecule has 1 aliphatic heterocycles. The van der Waals surface area contributed by atoms with Gasteiger partial charge in [-0.05, 0) is 17.3 Å². The molecule has 5 N–H and O–H groups in total. The lowest BCUT2D eigenvalue weighted by molar-refractivity contribution is -0.0423. The van der Waals surface area contributed by atoms with E-state index in [4.69, 9.17) is 20.1 Å². The highest BCUT2D eigenvalue weighted by atomic mass is 32.2. The quantitative estimate of drug-likeness (QED) is 0.0213. The van der Waals surface area contributed by atoms with Gasteiger partial charge < -0.3 is 29.4 Å². The summed E-state index contributed by atoms with van der Waals surface area (Å²) in [5.41, 5.74) is 5.09. The molecule has 0 radical (unpaired) electrons. The van der Waals surface area contributed by atoms with Gasteiger partial charge in [-0.15, -0.1) is 0 Å². The van der Waals surface area contributed by atoms with Gasteiger partial charge in [-0.25, -0.2) is 46.2 Å². The van der Waals surface area contributed by atoms with Crippen molar-refractivity contribution in [2.75, 3.05) is 6.61 Å². The largest absolute Gasteiger partial charge is 0.490 e. The Hall–Kier alpha value is -3.31. The van der Waals surface area contributed by atoms with Crippen molar-refractivity contribution in [2.24, 2.45) is 5.11 Å². The Balaban J connectivity index is 1.40. The normalized spacial score (nSPS) is 20.9. The number of hydrogen-bond donors (Lipinski definition) is 5. The molecule has 5 rings (SSSR count). The first-order chi connectivity index (χ1) is 22.3. The monoisotopic (exact) mass is 764 g/mol. The lowest BCUT2D eigenvalue weighted by Crippen LogP contribution is -2.26. The third-order valence-corrected chi connectivity index (χ3v) is 10.8. The number of nitrogens with zero attached hydrogens (tertiary/aromatic N) is 8. The van der Waals surface area contributed by atoms with Crippen molar-refractivity contribution < 1.29 is 78.6 Å². The summed E-state index contributed by atoms with van der Waals surface area (Å²) in [4.78, 5) is 63.7. The highest BCUT2D eigenvalue weighted by Crippen LogP contribution is 2.66. The van der Waals surface area contributed by atoms with Crippen LogP contribution < -0.4 is 0 Å². The van der Waals surface area contributed by atoms with Crippen molar-refractivity contribution in [1.29, 1.82) is 0 Å². The molecule has 2 unspecified atom stereocenters. The summed E-state index contributed by atoms with van der Waals surface area (Å²) >= 11 is 0.0146. The Labute approximate surface area is 265 Å². The van der Waals surface area contributed by atoms with Gasteiger partial charge in [0.15, 0.2) is 45.2 Å². The molecule has 5 atom stereocenters. The molecule has 48 heavy (non-hydrogen) atoms. The van der Waals surface area contributed by atoms with Crippen molar-refractivity contribution in [3.05, 3.63) is 58.0 Å².